The maximum absolute atomic E-state index is 2.60. The van der Waals surface area contributed by atoms with Crippen LogP contribution in [0.25, 0.3) is 11.1 Å². The lowest BCUT2D eigenvalue weighted by Crippen LogP contribution is -2.30. The molecule has 2 heteroatoms. The summed E-state index contributed by atoms with van der Waals surface area (Å²) in [5.41, 5.74) is 4.05. The second-order valence-electron chi connectivity index (χ2n) is 6.13. The van der Waals surface area contributed by atoms with E-state index >= 15 is 0 Å². The van der Waals surface area contributed by atoms with E-state index in [1.807, 2.05) is 0 Å². The van der Waals surface area contributed by atoms with Gasteiger partial charge in [-0.2, -0.15) is 0 Å². The Morgan fingerprint density at radius 1 is 0.773 bits per heavy atom. The molecule has 0 radical (unpaired) electrons. The fraction of sp³-hybridized carbons (Fsp3) is 0.400. The fourth-order valence-electron chi connectivity index (χ4n) is 3.24. The minimum absolute atomic E-state index is 1.07. The summed E-state index contributed by atoms with van der Waals surface area (Å²) in [4.78, 5) is 5.15. The third-order valence-electron chi connectivity index (χ3n) is 4.57. The first-order valence-corrected chi connectivity index (χ1v) is 8.44. The Bertz CT molecular complexity index is 579. The second-order valence-corrected chi connectivity index (χ2v) is 6.13. The molecule has 0 atom stereocenters. The fourth-order valence-corrected chi connectivity index (χ4v) is 3.24. The smallest absolute Gasteiger partial charge is 0.0234 e. The summed E-state index contributed by atoms with van der Waals surface area (Å²) < 4.78 is 0. The van der Waals surface area contributed by atoms with Gasteiger partial charge in [-0.25, -0.2) is 0 Å². The Balaban J connectivity index is 1.68. The van der Waals surface area contributed by atoms with Gasteiger partial charge >= 0.3 is 0 Å². The van der Waals surface area contributed by atoms with Crippen molar-refractivity contribution in [3.63, 3.8) is 0 Å². The van der Waals surface area contributed by atoms with E-state index in [9.17, 15) is 0 Å². The van der Waals surface area contributed by atoms with Crippen molar-refractivity contribution in [2.24, 2.45) is 0 Å². The second kappa shape index (κ2) is 7.57. The van der Waals surface area contributed by atoms with Gasteiger partial charge in [0.2, 0.25) is 0 Å². The quantitative estimate of drug-likeness (QED) is 0.844. The zero-order chi connectivity index (χ0) is 15.2. The predicted octanol–water partition coefficient (Wildman–Crippen LogP) is 3.88. The van der Waals surface area contributed by atoms with Crippen molar-refractivity contribution in [1.29, 1.82) is 0 Å². The van der Waals surface area contributed by atoms with Crippen LogP contribution in [-0.2, 0) is 6.54 Å². The van der Waals surface area contributed by atoms with Gasteiger partial charge in [0.05, 0.1) is 0 Å². The zero-order valence-corrected chi connectivity index (χ0v) is 13.5. The largest absolute Gasteiger partial charge is 0.302 e. The van der Waals surface area contributed by atoms with Gasteiger partial charge < -0.3 is 4.90 Å². The molecule has 22 heavy (non-hydrogen) atoms. The van der Waals surface area contributed by atoms with Gasteiger partial charge in [0.1, 0.15) is 0 Å². The molecule has 0 unspecified atom stereocenters. The Kier molecular flexibility index (Phi) is 5.25. The Morgan fingerprint density at radius 3 is 2.32 bits per heavy atom. The SMILES string of the molecule is CCN1CCCN(Cc2cccc(-c3ccccc3)c2)CC1. The van der Waals surface area contributed by atoms with Crippen molar-refractivity contribution in [1.82, 2.24) is 9.80 Å². The van der Waals surface area contributed by atoms with Crippen molar-refractivity contribution >= 4 is 0 Å². The highest BCUT2D eigenvalue weighted by molar-refractivity contribution is 5.63. The Labute approximate surface area is 134 Å². The summed E-state index contributed by atoms with van der Waals surface area (Å²) in [6.07, 6.45) is 1.28. The van der Waals surface area contributed by atoms with Crippen LogP contribution >= 0.6 is 0 Å². The number of hydrogen-bond donors (Lipinski definition) is 0. The van der Waals surface area contributed by atoms with Gasteiger partial charge in [0.25, 0.3) is 0 Å². The average Bonchev–Trinajstić information content (AvgIpc) is 2.81. The third kappa shape index (κ3) is 3.96. The highest BCUT2D eigenvalue weighted by Gasteiger charge is 2.13. The van der Waals surface area contributed by atoms with Crippen LogP contribution in [0.2, 0.25) is 0 Å². The highest BCUT2D eigenvalue weighted by atomic mass is 15.2. The number of rotatable bonds is 4. The van der Waals surface area contributed by atoms with Crippen LogP contribution in [0.5, 0.6) is 0 Å². The molecule has 3 rings (SSSR count). The summed E-state index contributed by atoms with van der Waals surface area (Å²) >= 11 is 0. The monoisotopic (exact) mass is 294 g/mol. The maximum atomic E-state index is 2.60. The molecule has 0 N–H and O–H groups in total. The van der Waals surface area contributed by atoms with Gasteiger partial charge in [0, 0.05) is 19.6 Å². The first-order chi connectivity index (χ1) is 10.8. The van der Waals surface area contributed by atoms with E-state index in [0.717, 1.165) is 6.54 Å². The molecular formula is C20H26N2. The van der Waals surface area contributed by atoms with Gasteiger partial charge in [-0.1, -0.05) is 55.5 Å². The third-order valence-corrected chi connectivity index (χ3v) is 4.57. The molecular weight excluding hydrogens is 268 g/mol. The molecule has 116 valence electrons. The molecule has 1 aliphatic heterocycles. The molecule has 1 fully saturated rings. The standard InChI is InChI=1S/C20H26N2/c1-2-21-12-7-13-22(15-14-21)17-18-8-6-11-20(16-18)19-9-4-3-5-10-19/h3-6,8-11,16H,2,7,12-15,17H2,1H3. The molecule has 1 heterocycles. The molecule has 1 aliphatic rings. The van der Waals surface area contributed by atoms with E-state index in [-0.39, 0.29) is 0 Å². The molecule has 0 spiro atoms. The van der Waals surface area contributed by atoms with Crippen LogP contribution in [-0.4, -0.2) is 42.5 Å². The van der Waals surface area contributed by atoms with Crippen molar-refractivity contribution < 1.29 is 0 Å². The van der Waals surface area contributed by atoms with E-state index in [1.54, 1.807) is 0 Å². The molecule has 0 bridgehead atoms. The number of benzene rings is 2. The molecule has 0 aliphatic carbocycles. The summed E-state index contributed by atoms with van der Waals surface area (Å²) in [6, 6.07) is 19.7. The molecule has 0 saturated carbocycles. The van der Waals surface area contributed by atoms with Crippen LogP contribution in [0.1, 0.15) is 18.9 Å². The average molecular weight is 294 g/mol. The van der Waals surface area contributed by atoms with Crippen molar-refractivity contribution in [3.05, 3.63) is 60.2 Å². The first-order valence-electron chi connectivity index (χ1n) is 8.44. The van der Waals surface area contributed by atoms with Gasteiger partial charge in [-0.05, 0) is 48.8 Å². The van der Waals surface area contributed by atoms with Crippen molar-refractivity contribution in [2.75, 3.05) is 32.7 Å². The van der Waals surface area contributed by atoms with Gasteiger partial charge in [-0.15, -0.1) is 0 Å². The lowest BCUT2D eigenvalue weighted by Gasteiger charge is -2.21. The molecule has 2 aromatic carbocycles. The van der Waals surface area contributed by atoms with Crippen LogP contribution in [0.15, 0.2) is 54.6 Å². The maximum Gasteiger partial charge on any atom is 0.0234 e. The predicted molar refractivity (Wildman–Crippen MR) is 93.9 cm³/mol. The summed E-state index contributed by atoms with van der Waals surface area (Å²) in [6.45, 7) is 9.36. The topological polar surface area (TPSA) is 6.48 Å². The summed E-state index contributed by atoms with van der Waals surface area (Å²) in [5.74, 6) is 0. The minimum atomic E-state index is 1.07. The lowest BCUT2D eigenvalue weighted by molar-refractivity contribution is 0.257. The lowest BCUT2D eigenvalue weighted by atomic mass is 10.0. The van der Waals surface area contributed by atoms with Crippen molar-refractivity contribution in [3.8, 4) is 11.1 Å². The van der Waals surface area contributed by atoms with Crippen LogP contribution in [0.4, 0.5) is 0 Å². The zero-order valence-electron chi connectivity index (χ0n) is 13.5. The van der Waals surface area contributed by atoms with E-state index < -0.39 is 0 Å². The van der Waals surface area contributed by atoms with Crippen LogP contribution < -0.4 is 0 Å². The van der Waals surface area contributed by atoms with E-state index in [4.69, 9.17) is 0 Å². The minimum Gasteiger partial charge on any atom is -0.302 e. The van der Waals surface area contributed by atoms with Gasteiger partial charge in [0.15, 0.2) is 0 Å². The number of nitrogens with zero attached hydrogens (tertiary/aromatic N) is 2. The number of likely N-dealkylation sites (N-methyl/N-ethyl adjacent to an activating group) is 1. The van der Waals surface area contributed by atoms with E-state index in [0.29, 0.717) is 0 Å². The molecule has 1 saturated heterocycles. The highest BCUT2D eigenvalue weighted by Crippen LogP contribution is 2.21. The summed E-state index contributed by atoms with van der Waals surface area (Å²) in [7, 11) is 0. The van der Waals surface area contributed by atoms with Crippen LogP contribution in [0.3, 0.4) is 0 Å². The number of hydrogen-bond acceptors (Lipinski definition) is 2. The van der Waals surface area contributed by atoms with Crippen LogP contribution in [0, 0.1) is 0 Å². The van der Waals surface area contributed by atoms with Crippen molar-refractivity contribution in [2.45, 2.75) is 19.9 Å². The molecule has 0 amide bonds. The molecule has 0 aromatic heterocycles. The summed E-state index contributed by atoms with van der Waals surface area (Å²) in [5, 5.41) is 0. The Hall–Kier alpha value is -1.64. The Morgan fingerprint density at radius 2 is 1.50 bits per heavy atom. The van der Waals surface area contributed by atoms with E-state index in [2.05, 4.69) is 71.3 Å². The van der Waals surface area contributed by atoms with E-state index in [1.165, 1.54) is 55.8 Å². The van der Waals surface area contributed by atoms with Gasteiger partial charge in [-0.3, -0.25) is 4.90 Å². The normalized spacial score (nSPS) is 17.3. The molecule has 2 nitrogen and oxygen atoms in total. The first kappa shape index (κ1) is 15.3. The molecule has 2 aromatic rings.